The van der Waals surface area contributed by atoms with Crippen LogP contribution < -0.4 is 15.0 Å². The number of aromatic nitrogens is 1. The van der Waals surface area contributed by atoms with Crippen molar-refractivity contribution >= 4 is 40.0 Å². The fraction of sp³-hybridized carbons (Fsp3) is 0.273. The second-order valence-corrected chi connectivity index (χ2v) is 7.51. The number of carbonyl (C=O) groups is 2. The highest BCUT2D eigenvalue weighted by Crippen LogP contribution is 2.28. The summed E-state index contributed by atoms with van der Waals surface area (Å²) < 4.78 is 5.22. The summed E-state index contributed by atoms with van der Waals surface area (Å²) in [6.07, 6.45) is 3.09. The van der Waals surface area contributed by atoms with E-state index in [-0.39, 0.29) is 11.8 Å². The molecule has 1 aliphatic heterocycles. The van der Waals surface area contributed by atoms with Gasteiger partial charge in [0.15, 0.2) is 0 Å². The summed E-state index contributed by atoms with van der Waals surface area (Å²) in [5.74, 6) is -0.367. The quantitative estimate of drug-likeness (QED) is 0.609. The van der Waals surface area contributed by atoms with Gasteiger partial charge in [0, 0.05) is 47.0 Å². The lowest BCUT2D eigenvalue weighted by molar-refractivity contribution is -0.132. The Bertz CT molecular complexity index is 1060. The van der Waals surface area contributed by atoms with Crippen molar-refractivity contribution in [3.63, 3.8) is 0 Å². The van der Waals surface area contributed by atoms with Crippen molar-refractivity contribution < 1.29 is 14.3 Å². The SMILES string of the molecule is COc1cccc(N2CCC(C(=O)NCCc3c[nH]c4ccc(Cl)cc34)C2=O)c1. The normalized spacial score (nSPS) is 16.4. The molecule has 0 bridgehead atoms. The molecule has 2 amide bonds. The summed E-state index contributed by atoms with van der Waals surface area (Å²) in [4.78, 5) is 30.2. The van der Waals surface area contributed by atoms with E-state index in [4.69, 9.17) is 16.3 Å². The zero-order valence-electron chi connectivity index (χ0n) is 16.1. The molecule has 3 aromatic rings. The molecule has 0 saturated carbocycles. The van der Waals surface area contributed by atoms with Crippen LogP contribution in [0.25, 0.3) is 10.9 Å². The lowest BCUT2D eigenvalue weighted by Crippen LogP contribution is -2.37. The van der Waals surface area contributed by atoms with E-state index in [9.17, 15) is 9.59 Å². The number of rotatable bonds is 6. The lowest BCUT2D eigenvalue weighted by atomic mass is 10.1. The first-order valence-corrected chi connectivity index (χ1v) is 9.93. The maximum Gasteiger partial charge on any atom is 0.239 e. The Morgan fingerprint density at radius 1 is 1.31 bits per heavy atom. The number of nitrogens with zero attached hydrogens (tertiary/aromatic N) is 1. The van der Waals surface area contributed by atoms with E-state index < -0.39 is 5.92 Å². The van der Waals surface area contributed by atoms with Gasteiger partial charge in [-0.05, 0) is 48.7 Å². The van der Waals surface area contributed by atoms with E-state index in [0.717, 1.165) is 22.2 Å². The van der Waals surface area contributed by atoms with Crippen LogP contribution in [0.3, 0.4) is 0 Å². The standard InChI is InChI=1S/C22H22ClN3O3/c1-29-17-4-2-3-16(12-17)26-10-8-18(22(26)28)21(27)24-9-7-14-13-25-20-6-5-15(23)11-19(14)20/h2-6,11-13,18,25H,7-10H2,1H3,(H,24,27). The van der Waals surface area contributed by atoms with E-state index in [1.165, 1.54) is 0 Å². The van der Waals surface area contributed by atoms with Crippen LogP contribution in [0.2, 0.25) is 5.02 Å². The van der Waals surface area contributed by atoms with Gasteiger partial charge in [-0.2, -0.15) is 0 Å². The van der Waals surface area contributed by atoms with Crippen LogP contribution in [-0.4, -0.2) is 37.0 Å². The molecule has 2 N–H and O–H groups in total. The molecular formula is C22H22ClN3O3. The molecule has 2 aromatic carbocycles. The number of anilines is 1. The molecule has 6 nitrogen and oxygen atoms in total. The van der Waals surface area contributed by atoms with Crippen LogP contribution in [0.15, 0.2) is 48.7 Å². The minimum atomic E-state index is -0.654. The number of aromatic amines is 1. The molecule has 4 rings (SSSR count). The fourth-order valence-electron chi connectivity index (χ4n) is 3.76. The first kappa shape index (κ1) is 19.3. The van der Waals surface area contributed by atoms with Crippen molar-refractivity contribution in [2.24, 2.45) is 5.92 Å². The molecule has 1 aliphatic rings. The average molecular weight is 412 g/mol. The van der Waals surface area contributed by atoms with Crippen molar-refractivity contribution in [2.75, 3.05) is 25.1 Å². The smallest absolute Gasteiger partial charge is 0.239 e. The van der Waals surface area contributed by atoms with Crippen molar-refractivity contribution in [2.45, 2.75) is 12.8 Å². The predicted molar refractivity (Wildman–Crippen MR) is 113 cm³/mol. The molecule has 29 heavy (non-hydrogen) atoms. The van der Waals surface area contributed by atoms with Crippen LogP contribution in [0, 0.1) is 5.92 Å². The molecule has 0 radical (unpaired) electrons. The minimum absolute atomic E-state index is 0.172. The van der Waals surface area contributed by atoms with Crippen molar-refractivity contribution in [3.05, 3.63) is 59.2 Å². The zero-order chi connectivity index (χ0) is 20.4. The van der Waals surface area contributed by atoms with Gasteiger partial charge in [-0.25, -0.2) is 0 Å². The largest absolute Gasteiger partial charge is 0.497 e. The Balaban J connectivity index is 1.36. The van der Waals surface area contributed by atoms with Crippen LogP contribution in [-0.2, 0) is 16.0 Å². The summed E-state index contributed by atoms with van der Waals surface area (Å²) >= 11 is 6.08. The maximum absolute atomic E-state index is 12.8. The third-order valence-corrected chi connectivity index (χ3v) is 5.55. The van der Waals surface area contributed by atoms with Crippen LogP contribution in [0.1, 0.15) is 12.0 Å². The van der Waals surface area contributed by atoms with Gasteiger partial charge in [0.25, 0.3) is 0 Å². The van der Waals surface area contributed by atoms with Crippen molar-refractivity contribution in [1.29, 1.82) is 0 Å². The highest BCUT2D eigenvalue weighted by atomic mass is 35.5. The van der Waals surface area contributed by atoms with E-state index in [1.54, 1.807) is 18.1 Å². The molecule has 1 unspecified atom stereocenters. The first-order chi connectivity index (χ1) is 14.1. The molecule has 150 valence electrons. The Labute approximate surface area is 173 Å². The molecular weight excluding hydrogens is 390 g/mol. The summed E-state index contributed by atoms with van der Waals surface area (Å²) in [7, 11) is 1.59. The van der Waals surface area contributed by atoms with Gasteiger partial charge >= 0.3 is 0 Å². The minimum Gasteiger partial charge on any atom is -0.497 e. The number of carbonyl (C=O) groups excluding carboxylic acids is 2. The highest BCUT2D eigenvalue weighted by Gasteiger charge is 2.37. The van der Waals surface area contributed by atoms with Gasteiger partial charge in [0.05, 0.1) is 7.11 Å². The number of H-pyrrole nitrogens is 1. The molecule has 1 saturated heterocycles. The van der Waals surface area contributed by atoms with Crippen molar-refractivity contribution in [3.8, 4) is 5.75 Å². The second kappa shape index (κ2) is 8.17. The van der Waals surface area contributed by atoms with Crippen LogP contribution in [0.4, 0.5) is 5.69 Å². The van der Waals surface area contributed by atoms with Crippen LogP contribution in [0.5, 0.6) is 5.75 Å². The summed E-state index contributed by atoms with van der Waals surface area (Å²) in [6.45, 7) is 0.978. The summed E-state index contributed by atoms with van der Waals surface area (Å²) in [5, 5.41) is 4.64. The first-order valence-electron chi connectivity index (χ1n) is 9.55. The number of hydrogen-bond acceptors (Lipinski definition) is 3. The Morgan fingerprint density at radius 3 is 3.00 bits per heavy atom. The highest BCUT2D eigenvalue weighted by molar-refractivity contribution is 6.31. The van der Waals surface area contributed by atoms with Gasteiger partial charge in [0.2, 0.25) is 11.8 Å². The third-order valence-electron chi connectivity index (χ3n) is 5.31. The van der Waals surface area contributed by atoms with Crippen molar-refractivity contribution in [1.82, 2.24) is 10.3 Å². The molecule has 0 spiro atoms. The number of methoxy groups -OCH3 is 1. The molecule has 2 heterocycles. The summed E-state index contributed by atoms with van der Waals surface area (Å²) in [6, 6.07) is 13.0. The molecule has 0 aliphatic carbocycles. The van der Waals surface area contributed by atoms with Crippen LogP contribution >= 0.6 is 11.6 Å². The van der Waals surface area contributed by atoms with E-state index in [1.807, 2.05) is 42.6 Å². The lowest BCUT2D eigenvalue weighted by Gasteiger charge is -2.17. The second-order valence-electron chi connectivity index (χ2n) is 7.08. The predicted octanol–water partition coefficient (Wildman–Crippen LogP) is 3.54. The average Bonchev–Trinajstić information content (AvgIpc) is 3.31. The monoisotopic (exact) mass is 411 g/mol. The Morgan fingerprint density at radius 2 is 2.17 bits per heavy atom. The number of ether oxygens (including phenoxy) is 1. The fourth-order valence-corrected chi connectivity index (χ4v) is 3.93. The molecule has 1 atom stereocenters. The maximum atomic E-state index is 12.8. The number of benzene rings is 2. The van der Waals surface area contributed by atoms with Gasteiger partial charge in [-0.3, -0.25) is 9.59 Å². The Hall–Kier alpha value is -2.99. The zero-order valence-corrected chi connectivity index (χ0v) is 16.8. The molecule has 1 fully saturated rings. The molecule has 7 heteroatoms. The third kappa shape index (κ3) is 3.93. The molecule has 1 aromatic heterocycles. The van der Waals surface area contributed by atoms with Gasteiger partial charge in [-0.1, -0.05) is 17.7 Å². The van der Waals surface area contributed by atoms with Gasteiger partial charge in [-0.15, -0.1) is 0 Å². The number of amides is 2. The summed E-state index contributed by atoms with van der Waals surface area (Å²) in [5.41, 5.74) is 2.84. The van der Waals surface area contributed by atoms with Gasteiger partial charge < -0.3 is 19.9 Å². The number of hydrogen-bond donors (Lipinski definition) is 2. The number of fused-ring (bicyclic) bond motifs is 1. The number of nitrogens with one attached hydrogen (secondary N) is 2. The number of halogens is 1. The topological polar surface area (TPSA) is 74.4 Å². The van der Waals surface area contributed by atoms with E-state index >= 15 is 0 Å². The Kier molecular flexibility index (Phi) is 5.45. The van der Waals surface area contributed by atoms with Gasteiger partial charge in [0.1, 0.15) is 11.7 Å². The van der Waals surface area contributed by atoms with E-state index in [2.05, 4.69) is 10.3 Å². The van der Waals surface area contributed by atoms with E-state index in [0.29, 0.717) is 36.7 Å².